The van der Waals surface area contributed by atoms with Gasteiger partial charge in [-0.15, -0.1) is 0 Å². The van der Waals surface area contributed by atoms with Crippen LogP contribution in [0.3, 0.4) is 0 Å². The van der Waals surface area contributed by atoms with Gasteiger partial charge in [-0.2, -0.15) is 0 Å². The Balaban J connectivity index is 2.68. The maximum atomic E-state index is 10.8. The molecule has 0 unspecified atom stereocenters. The van der Waals surface area contributed by atoms with Crippen molar-refractivity contribution in [2.75, 3.05) is 13.1 Å². The Morgan fingerprint density at radius 3 is 2.81 bits per heavy atom. The van der Waals surface area contributed by atoms with Crippen LogP contribution in [0.4, 0.5) is 5.69 Å². The average molecular weight is 243 g/mol. The zero-order chi connectivity index (χ0) is 12.0. The number of nitro benzene ring substituents is 1. The lowest BCUT2D eigenvalue weighted by molar-refractivity contribution is -0.385. The summed E-state index contributed by atoms with van der Waals surface area (Å²) in [7, 11) is 0. The number of halogens is 1. The molecule has 1 rings (SSSR count). The smallest absolute Gasteiger partial charge is 0.272 e. The minimum Gasteiger partial charge on any atom is -0.316 e. The second-order valence-electron chi connectivity index (χ2n) is 3.53. The summed E-state index contributed by atoms with van der Waals surface area (Å²) in [6.07, 6.45) is 1.68. The number of hydrogen-bond donors (Lipinski definition) is 1. The van der Waals surface area contributed by atoms with Crippen LogP contribution in [-0.4, -0.2) is 18.0 Å². The summed E-state index contributed by atoms with van der Waals surface area (Å²) in [5.74, 6) is 0. The molecule has 0 spiro atoms. The van der Waals surface area contributed by atoms with Gasteiger partial charge >= 0.3 is 0 Å². The molecule has 0 aliphatic heterocycles. The number of nitro groups is 1. The van der Waals surface area contributed by atoms with Crippen LogP contribution >= 0.6 is 11.6 Å². The fraction of sp³-hybridized carbons (Fsp3) is 0.455. The third-order valence-corrected chi connectivity index (χ3v) is 2.47. The zero-order valence-corrected chi connectivity index (χ0v) is 9.96. The van der Waals surface area contributed by atoms with E-state index in [9.17, 15) is 10.1 Å². The molecule has 0 aliphatic carbocycles. The Labute approximate surface area is 99.8 Å². The van der Waals surface area contributed by atoms with E-state index in [4.69, 9.17) is 11.6 Å². The lowest BCUT2D eigenvalue weighted by Crippen LogP contribution is -2.18. The van der Waals surface area contributed by atoms with E-state index in [-0.39, 0.29) is 10.6 Å². The molecule has 0 saturated carbocycles. The Bertz CT molecular complexity index is 369. The molecule has 0 saturated heterocycles. The van der Waals surface area contributed by atoms with Crippen molar-refractivity contribution in [1.82, 2.24) is 5.32 Å². The van der Waals surface area contributed by atoms with E-state index in [1.807, 2.05) is 0 Å². The molecule has 4 nitrogen and oxygen atoms in total. The Morgan fingerprint density at radius 1 is 1.44 bits per heavy atom. The first-order chi connectivity index (χ1) is 7.65. The van der Waals surface area contributed by atoms with Gasteiger partial charge in [0.05, 0.1) is 4.92 Å². The first-order valence-electron chi connectivity index (χ1n) is 5.28. The summed E-state index contributed by atoms with van der Waals surface area (Å²) in [4.78, 5) is 10.4. The molecule has 1 N–H and O–H groups in total. The van der Waals surface area contributed by atoms with E-state index in [0.29, 0.717) is 17.0 Å². The van der Waals surface area contributed by atoms with Crippen LogP contribution in [0.5, 0.6) is 0 Å². The maximum absolute atomic E-state index is 10.8. The summed E-state index contributed by atoms with van der Waals surface area (Å²) >= 11 is 5.82. The first-order valence-corrected chi connectivity index (χ1v) is 5.66. The third-order valence-electron chi connectivity index (χ3n) is 2.24. The monoisotopic (exact) mass is 242 g/mol. The molecular weight excluding hydrogens is 228 g/mol. The molecule has 0 atom stereocenters. The van der Waals surface area contributed by atoms with Gasteiger partial charge in [-0.25, -0.2) is 0 Å². The zero-order valence-electron chi connectivity index (χ0n) is 9.20. The van der Waals surface area contributed by atoms with Crippen molar-refractivity contribution in [2.45, 2.75) is 19.8 Å². The van der Waals surface area contributed by atoms with E-state index in [0.717, 1.165) is 19.5 Å². The van der Waals surface area contributed by atoms with Crippen LogP contribution in [0.15, 0.2) is 18.2 Å². The van der Waals surface area contributed by atoms with Crippen LogP contribution in [0.2, 0.25) is 5.02 Å². The van der Waals surface area contributed by atoms with Crippen molar-refractivity contribution in [3.8, 4) is 0 Å². The van der Waals surface area contributed by atoms with E-state index in [2.05, 4.69) is 12.2 Å². The number of benzene rings is 1. The standard InChI is InChI=1S/C11H15ClN2O2/c1-2-6-13-7-5-9-8-10(12)3-4-11(9)14(15)16/h3-4,8,13H,2,5-7H2,1H3. The second kappa shape index (κ2) is 6.45. The first kappa shape index (κ1) is 12.9. The molecule has 0 heterocycles. The SMILES string of the molecule is CCCNCCc1cc(Cl)ccc1[N+](=O)[O-]. The molecular formula is C11H15ClN2O2. The highest BCUT2D eigenvalue weighted by atomic mass is 35.5. The van der Waals surface area contributed by atoms with Crippen LogP contribution in [-0.2, 0) is 6.42 Å². The minimum atomic E-state index is -0.370. The lowest BCUT2D eigenvalue weighted by atomic mass is 10.1. The average Bonchev–Trinajstić information content (AvgIpc) is 2.24. The van der Waals surface area contributed by atoms with Gasteiger partial charge in [-0.05, 0) is 38.1 Å². The number of rotatable bonds is 6. The fourth-order valence-corrected chi connectivity index (χ4v) is 1.65. The normalized spacial score (nSPS) is 10.4. The Hall–Kier alpha value is -1.13. The van der Waals surface area contributed by atoms with Crippen molar-refractivity contribution in [3.05, 3.63) is 38.9 Å². The predicted molar refractivity (Wildman–Crippen MR) is 65.0 cm³/mol. The minimum absolute atomic E-state index is 0.141. The molecule has 1 aromatic rings. The van der Waals surface area contributed by atoms with Crippen molar-refractivity contribution in [3.63, 3.8) is 0 Å². The second-order valence-corrected chi connectivity index (χ2v) is 3.97. The van der Waals surface area contributed by atoms with Crippen LogP contribution in [0.1, 0.15) is 18.9 Å². The molecule has 0 aliphatic rings. The number of nitrogens with one attached hydrogen (secondary N) is 1. The van der Waals surface area contributed by atoms with Crippen molar-refractivity contribution in [2.24, 2.45) is 0 Å². The highest BCUT2D eigenvalue weighted by Gasteiger charge is 2.12. The van der Waals surface area contributed by atoms with Gasteiger partial charge < -0.3 is 5.32 Å². The largest absolute Gasteiger partial charge is 0.316 e. The molecule has 0 radical (unpaired) electrons. The molecule has 0 fully saturated rings. The summed E-state index contributed by atoms with van der Waals surface area (Å²) in [5, 5.41) is 14.5. The van der Waals surface area contributed by atoms with Crippen molar-refractivity contribution in [1.29, 1.82) is 0 Å². The van der Waals surface area contributed by atoms with Crippen molar-refractivity contribution >= 4 is 17.3 Å². The molecule has 0 bridgehead atoms. The van der Waals surface area contributed by atoms with Gasteiger partial charge in [-0.1, -0.05) is 18.5 Å². The quantitative estimate of drug-likeness (QED) is 0.474. The van der Waals surface area contributed by atoms with Crippen LogP contribution in [0, 0.1) is 10.1 Å². The highest BCUT2D eigenvalue weighted by molar-refractivity contribution is 6.30. The number of hydrogen-bond acceptors (Lipinski definition) is 3. The molecule has 88 valence electrons. The lowest BCUT2D eigenvalue weighted by Gasteiger charge is -2.04. The van der Waals surface area contributed by atoms with E-state index < -0.39 is 0 Å². The Morgan fingerprint density at radius 2 is 2.19 bits per heavy atom. The summed E-state index contributed by atoms with van der Waals surface area (Å²) in [6.45, 7) is 3.73. The van der Waals surface area contributed by atoms with E-state index in [1.54, 1.807) is 12.1 Å². The summed E-state index contributed by atoms with van der Waals surface area (Å²) < 4.78 is 0. The van der Waals surface area contributed by atoms with E-state index >= 15 is 0 Å². The molecule has 5 heteroatoms. The van der Waals surface area contributed by atoms with Gasteiger partial charge in [0, 0.05) is 16.7 Å². The highest BCUT2D eigenvalue weighted by Crippen LogP contribution is 2.22. The van der Waals surface area contributed by atoms with Gasteiger partial charge in [0.1, 0.15) is 0 Å². The van der Waals surface area contributed by atoms with Gasteiger partial charge in [-0.3, -0.25) is 10.1 Å². The maximum Gasteiger partial charge on any atom is 0.272 e. The van der Waals surface area contributed by atoms with Crippen LogP contribution in [0.25, 0.3) is 0 Å². The van der Waals surface area contributed by atoms with Crippen molar-refractivity contribution < 1.29 is 4.92 Å². The summed E-state index contributed by atoms with van der Waals surface area (Å²) in [5.41, 5.74) is 0.823. The topological polar surface area (TPSA) is 55.2 Å². The molecule has 1 aromatic carbocycles. The van der Waals surface area contributed by atoms with E-state index in [1.165, 1.54) is 6.07 Å². The van der Waals surface area contributed by atoms with Crippen LogP contribution < -0.4 is 5.32 Å². The number of nitrogens with zero attached hydrogens (tertiary/aromatic N) is 1. The van der Waals surface area contributed by atoms with Gasteiger partial charge in [0.15, 0.2) is 0 Å². The van der Waals surface area contributed by atoms with Gasteiger partial charge in [0.25, 0.3) is 5.69 Å². The Kier molecular flexibility index (Phi) is 5.22. The third kappa shape index (κ3) is 3.79. The predicted octanol–water partition coefficient (Wildman–Crippen LogP) is 2.79. The fourth-order valence-electron chi connectivity index (χ4n) is 1.46. The molecule has 16 heavy (non-hydrogen) atoms. The molecule has 0 amide bonds. The van der Waals surface area contributed by atoms with Gasteiger partial charge in [0.2, 0.25) is 0 Å². The molecule has 0 aromatic heterocycles. The summed E-state index contributed by atoms with van der Waals surface area (Å²) in [6, 6.07) is 4.66.